The number of hydrogen-bond donors (Lipinski definition) is 1. The molecule has 0 unspecified atom stereocenters. The fourth-order valence-electron chi connectivity index (χ4n) is 2.53. The smallest absolute Gasteiger partial charge is 0.410 e. The van der Waals surface area contributed by atoms with Crippen molar-refractivity contribution in [2.24, 2.45) is 0 Å². The van der Waals surface area contributed by atoms with Crippen LogP contribution in [-0.4, -0.2) is 48.7 Å². The molecule has 136 valence electrons. The van der Waals surface area contributed by atoms with E-state index >= 15 is 0 Å². The van der Waals surface area contributed by atoms with Crippen LogP contribution in [0.15, 0.2) is 24.8 Å². The minimum Gasteiger partial charge on any atom is -0.496 e. The van der Waals surface area contributed by atoms with Gasteiger partial charge in [-0.15, -0.1) is 0 Å². The van der Waals surface area contributed by atoms with Crippen molar-refractivity contribution in [1.82, 2.24) is 10.2 Å². The quantitative estimate of drug-likeness (QED) is 0.890. The monoisotopic (exact) mass is 346 g/mol. The SMILES string of the molecule is C=Cc1ccc(CC(=O)NC2CN(C(=O)OC(C)(C)C)C2)c(OC)c1. The van der Waals surface area contributed by atoms with Crippen LogP contribution in [-0.2, 0) is 16.0 Å². The molecule has 1 fully saturated rings. The minimum absolute atomic E-state index is 0.0431. The van der Waals surface area contributed by atoms with Gasteiger partial charge in [-0.05, 0) is 32.4 Å². The lowest BCUT2D eigenvalue weighted by Gasteiger charge is -2.40. The second-order valence-corrected chi connectivity index (χ2v) is 7.10. The van der Waals surface area contributed by atoms with Crippen molar-refractivity contribution in [3.63, 3.8) is 0 Å². The molecule has 1 heterocycles. The van der Waals surface area contributed by atoms with Gasteiger partial charge in [-0.3, -0.25) is 4.79 Å². The van der Waals surface area contributed by atoms with Gasteiger partial charge < -0.3 is 19.7 Å². The second kappa shape index (κ2) is 7.59. The number of carbonyl (C=O) groups is 2. The first-order valence-corrected chi connectivity index (χ1v) is 8.28. The number of rotatable bonds is 5. The molecule has 6 heteroatoms. The van der Waals surface area contributed by atoms with Gasteiger partial charge in [-0.2, -0.15) is 0 Å². The van der Waals surface area contributed by atoms with Crippen molar-refractivity contribution in [1.29, 1.82) is 0 Å². The molecule has 1 aliphatic rings. The molecule has 2 amide bonds. The van der Waals surface area contributed by atoms with Gasteiger partial charge in [0, 0.05) is 18.7 Å². The van der Waals surface area contributed by atoms with Gasteiger partial charge in [0.05, 0.1) is 19.6 Å². The number of ether oxygens (including phenoxy) is 2. The van der Waals surface area contributed by atoms with E-state index in [1.165, 1.54) is 0 Å². The summed E-state index contributed by atoms with van der Waals surface area (Å²) < 4.78 is 10.6. The molecule has 0 radical (unpaired) electrons. The molecular weight excluding hydrogens is 320 g/mol. The summed E-state index contributed by atoms with van der Waals surface area (Å²) in [6.07, 6.45) is 1.61. The van der Waals surface area contributed by atoms with Gasteiger partial charge in [-0.25, -0.2) is 4.79 Å². The van der Waals surface area contributed by atoms with Gasteiger partial charge in [-0.1, -0.05) is 24.8 Å². The number of methoxy groups -OCH3 is 1. The molecule has 1 aliphatic heterocycles. The van der Waals surface area contributed by atoms with Crippen LogP contribution in [0.1, 0.15) is 31.9 Å². The van der Waals surface area contributed by atoms with Crippen LogP contribution in [0.3, 0.4) is 0 Å². The van der Waals surface area contributed by atoms with Crippen molar-refractivity contribution >= 4 is 18.1 Å². The molecule has 0 atom stereocenters. The minimum atomic E-state index is -0.514. The summed E-state index contributed by atoms with van der Waals surface area (Å²) in [4.78, 5) is 25.7. The topological polar surface area (TPSA) is 67.9 Å². The molecule has 1 aromatic rings. The van der Waals surface area contributed by atoms with E-state index in [0.29, 0.717) is 18.8 Å². The number of hydrogen-bond acceptors (Lipinski definition) is 4. The second-order valence-electron chi connectivity index (χ2n) is 7.10. The van der Waals surface area contributed by atoms with Crippen LogP contribution < -0.4 is 10.1 Å². The summed E-state index contributed by atoms with van der Waals surface area (Å²) in [6, 6.07) is 5.57. The van der Waals surface area contributed by atoms with Gasteiger partial charge in [0.25, 0.3) is 0 Å². The molecule has 0 bridgehead atoms. The van der Waals surface area contributed by atoms with Crippen LogP contribution in [0.5, 0.6) is 5.75 Å². The van der Waals surface area contributed by atoms with Gasteiger partial charge in [0.15, 0.2) is 0 Å². The molecule has 1 N–H and O–H groups in total. The standard InChI is InChI=1S/C19H26N2O4/c1-6-13-7-8-14(16(9-13)24-5)10-17(22)20-15-11-21(12-15)18(23)25-19(2,3)4/h6-9,15H,1,10-12H2,2-5H3,(H,20,22). The summed E-state index contributed by atoms with van der Waals surface area (Å²) in [6.45, 7) is 10.1. The summed E-state index contributed by atoms with van der Waals surface area (Å²) in [7, 11) is 1.58. The first-order chi connectivity index (χ1) is 11.7. The Morgan fingerprint density at radius 1 is 1.36 bits per heavy atom. The predicted octanol–water partition coefficient (Wildman–Crippen LogP) is 2.62. The number of carbonyl (C=O) groups excluding carboxylic acids is 2. The van der Waals surface area contributed by atoms with Crippen LogP contribution in [0.25, 0.3) is 6.08 Å². The van der Waals surface area contributed by atoms with Crippen molar-refractivity contribution in [2.75, 3.05) is 20.2 Å². The molecule has 25 heavy (non-hydrogen) atoms. The molecular formula is C19H26N2O4. The van der Waals surface area contributed by atoms with Crippen LogP contribution >= 0.6 is 0 Å². The summed E-state index contributed by atoms with van der Waals surface area (Å²) >= 11 is 0. The summed E-state index contributed by atoms with van der Waals surface area (Å²) in [5.41, 5.74) is 1.24. The van der Waals surface area contributed by atoms with Gasteiger partial charge in [0.1, 0.15) is 11.4 Å². The lowest BCUT2D eigenvalue weighted by Crippen LogP contribution is -2.61. The van der Waals surface area contributed by atoms with Crippen LogP contribution in [0.2, 0.25) is 0 Å². The van der Waals surface area contributed by atoms with Crippen molar-refractivity contribution in [2.45, 2.75) is 38.8 Å². The largest absolute Gasteiger partial charge is 0.496 e. The number of likely N-dealkylation sites (tertiary alicyclic amines) is 1. The Morgan fingerprint density at radius 2 is 2.04 bits per heavy atom. The molecule has 0 aromatic heterocycles. The van der Waals surface area contributed by atoms with Crippen molar-refractivity contribution < 1.29 is 19.1 Å². The molecule has 1 saturated heterocycles. The van der Waals surface area contributed by atoms with Crippen LogP contribution in [0.4, 0.5) is 4.79 Å². The summed E-state index contributed by atoms with van der Waals surface area (Å²) in [5.74, 6) is 0.565. The molecule has 6 nitrogen and oxygen atoms in total. The first kappa shape index (κ1) is 18.8. The maximum absolute atomic E-state index is 12.2. The maximum atomic E-state index is 12.2. The highest BCUT2D eigenvalue weighted by molar-refractivity contribution is 5.80. The zero-order chi connectivity index (χ0) is 18.6. The number of amides is 2. The highest BCUT2D eigenvalue weighted by Crippen LogP contribution is 2.22. The van der Waals surface area contributed by atoms with Crippen molar-refractivity contribution in [3.05, 3.63) is 35.9 Å². The Labute approximate surface area is 148 Å². The molecule has 0 spiro atoms. The zero-order valence-electron chi connectivity index (χ0n) is 15.3. The van der Waals surface area contributed by atoms with E-state index in [4.69, 9.17) is 9.47 Å². The van der Waals surface area contributed by atoms with E-state index in [9.17, 15) is 9.59 Å². The average Bonchev–Trinajstić information content (AvgIpc) is 2.48. The third-order valence-corrected chi connectivity index (χ3v) is 3.80. The Bertz CT molecular complexity index is 658. The van der Waals surface area contributed by atoms with E-state index in [2.05, 4.69) is 11.9 Å². The van der Waals surface area contributed by atoms with E-state index in [1.54, 1.807) is 18.1 Å². The Hall–Kier alpha value is -2.50. The Balaban J connectivity index is 1.83. The van der Waals surface area contributed by atoms with E-state index < -0.39 is 5.60 Å². The predicted molar refractivity (Wildman–Crippen MR) is 96.5 cm³/mol. The maximum Gasteiger partial charge on any atom is 0.410 e. The molecule has 1 aromatic carbocycles. The molecule has 0 aliphatic carbocycles. The first-order valence-electron chi connectivity index (χ1n) is 8.28. The highest BCUT2D eigenvalue weighted by atomic mass is 16.6. The van der Waals surface area contributed by atoms with Crippen LogP contribution in [0, 0.1) is 0 Å². The van der Waals surface area contributed by atoms with Crippen molar-refractivity contribution in [3.8, 4) is 5.75 Å². The zero-order valence-corrected chi connectivity index (χ0v) is 15.3. The average molecular weight is 346 g/mol. The molecule has 2 rings (SSSR count). The van der Waals surface area contributed by atoms with E-state index in [0.717, 1.165) is 11.1 Å². The molecule has 0 saturated carbocycles. The van der Waals surface area contributed by atoms with Gasteiger partial charge in [0.2, 0.25) is 5.91 Å². The third-order valence-electron chi connectivity index (χ3n) is 3.80. The fraction of sp³-hybridized carbons (Fsp3) is 0.474. The number of benzene rings is 1. The Kier molecular flexibility index (Phi) is 5.72. The normalized spacial score (nSPS) is 14.5. The Morgan fingerprint density at radius 3 is 2.60 bits per heavy atom. The van der Waals surface area contributed by atoms with Gasteiger partial charge >= 0.3 is 6.09 Å². The lowest BCUT2D eigenvalue weighted by atomic mass is 10.1. The summed E-state index contributed by atoms with van der Waals surface area (Å²) in [5, 5.41) is 2.93. The fourth-order valence-corrected chi connectivity index (χ4v) is 2.53. The highest BCUT2D eigenvalue weighted by Gasteiger charge is 2.34. The number of nitrogens with zero attached hydrogens (tertiary/aromatic N) is 1. The van der Waals surface area contributed by atoms with E-state index in [-0.39, 0.29) is 24.5 Å². The third kappa shape index (κ3) is 5.24. The van der Waals surface area contributed by atoms with E-state index in [1.807, 2.05) is 39.0 Å². The number of nitrogens with one attached hydrogen (secondary N) is 1. The lowest BCUT2D eigenvalue weighted by molar-refractivity contribution is -0.122.